The standard InChI is InChI=1S/C19H22N2O4/c22-18(13-23-12-15-7-4-10-24-15)21-9-8-17-16(11-21)20-19(25-17)14-5-2-1-3-6-14/h1-3,5-6,15H,4,7-13H2. The largest absolute Gasteiger partial charge is 0.441 e. The molecule has 0 N–H and O–H groups in total. The fourth-order valence-corrected chi connectivity index (χ4v) is 3.26. The first-order chi connectivity index (χ1) is 12.3. The molecule has 0 saturated carbocycles. The smallest absolute Gasteiger partial charge is 0.248 e. The monoisotopic (exact) mass is 342 g/mol. The number of nitrogens with zero attached hydrogens (tertiary/aromatic N) is 2. The minimum Gasteiger partial charge on any atom is -0.441 e. The fraction of sp³-hybridized carbons (Fsp3) is 0.474. The summed E-state index contributed by atoms with van der Waals surface area (Å²) >= 11 is 0. The van der Waals surface area contributed by atoms with Crippen molar-refractivity contribution < 1.29 is 18.7 Å². The first-order valence-electron chi connectivity index (χ1n) is 8.81. The summed E-state index contributed by atoms with van der Waals surface area (Å²) in [4.78, 5) is 18.7. The Labute approximate surface area is 146 Å². The number of benzene rings is 1. The molecule has 2 aromatic rings. The van der Waals surface area contributed by atoms with Crippen molar-refractivity contribution >= 4 is 5.91 Å². The number of amides is 1. The number of carbonyl (C=O) groups excluding carboxylic acids is 1. The third kappa shape index (κ3) is 3.75. The molecule has 1 aromatic carbocycles. The van der Waals surface area contributed by atoms with Gasteiger partial charge >= 0.3 is 0 Å². The molecule has 1 amide bonds. The van der Waals surface area contributed by atoms with E-state index in [0.717, 1.165) is 36.5 Å². The molecule has 6 heteroatoms. The summed E-state index contributed by atoms with van der Waals surface area (Å²) in [5.74, 6) is 1.49. The summed E-state index contributed by atoms with van der Waals surface area (Å²) < 4.78 is 16.9. The Balaban J connectivity index is 1.34. The zero-order valence-electron chi connectivity index (χ0n) is 14.1. The second kappa shape index (κ2) is 7.37. The lowest BCUT2D eigenvalue weighted by Gasteiger charge is -2.25. The predicted octanol–water partition coefficient (Wildman–Crippen LogP) is 2.42. The number of hydrogen-bond donors (Lipinski definition) is 0. The zero-order chi connectivity index (χ0) is 17.1. The lowest BCUT2D eigenvalue weighted by molar-refractivity contribution is -0.138. The summed E-state index contributed by atoms with van der Waals surface area (Å²) in [5.41, 5.74) is 1.80. The molecule has 1 fully saturated rings. The van der Waals surface area contributed by atoms with Crippen LogP contribution in [-0.4, -0.2) is 48.3 Å². The fourth-order valence-electron chi connectivity index (χ4n) is 3.26. The molecule has 2 aliphatic rings. The van der Waals surface area contributed by atoms with Gasteiger partial charge in [-0.25, -0.2) is 4.98 Å². The van der Waals surface area contributed by atoms with Gasteiger partial charge in [-0.05, 0) is 25.0 Å². The summed E-state index contributed by atoms with van der Waals surface area (Å²) in [5, 5.41) is 0. The molecule has 3 heterocycles. The van der Waals surface area contributed by atoms with E-state index in [0.29, 0.717) is 32.0 Å². The van der Waals surface area contributed by atoms with Crippen molar-refractivity contribution in [2.75, 3.05) is 26.4 Å². The highest BCUT2D eigenvalue weighted by molar-refractivity contribution is 5.77. The highest BCUT2D eigenvalue weighted by Gasteiger charge is 2.26. The Morgan fingerprint density at radius 1 is 1.32 bits per heavy atom. The summed E-state index contributed by atoms with van der Waals surface area (Å²) in [6.45, 7) is 2.50. The lowest BCUT2D eigenvalue weighted by atomic mass is 10.1. The summed E-state index contributed by atoms with van der Waals surface area (Å²) in [6.07, 6.45) is 2.92. The molecule has 0 spiro atoms. The van der Waals surface area contributed by atoms with Gasteiger partial charge in [0.1, 0.15) is 18.1 Å². The van der Waals surface area contributed by atoms with E-state index in [1.807, 2.05) is 30.3 Å². The van der Waals surface area contributed by atoms with Crippen LogP contribution in [0.5, 0.6) is 0 Å². The number of hydrogen-bond acceptors (Lipinski definition) is 5. The van der Waals surface area contributed by atoms with Crippen LogP contribution in [0.2, 0.25) is 0 Å². The van der Waals surface area contributed by atoms with E-state index in [1.54, 1.807) is 4.90 Å². The molecule has 0 radical (unpaired) electrons. The maximum Gasteiger partial charge on any atom is 0.248 e. The maximum atomic E-state index is 12.4. The summed E-state index contributed by atoms with van der Waals surface area (Å²) in [6, 6.07) is 9.82. The van der Waals surface area contributed by atoms with Crippen LogP contribution >= 0.6 is 0 Å². The van der Waals surface area contributed by atoms with E-state index < -0.39 is 0 Å². The number of fused-ring (bicyclic) bond motifs is 1. The number of ether oxygens (including phenoxy) is 2. The van der Waals surface area contributed by atoms with E-state index in [-0.39, 0.29) is 18.6 Å². The number of oxazole rings is 1. The van der Waals surface area contributed by atoms with Crippen molar-refractivity contribution in [3.8, 4) is 11.5 Å². The molecule has 1 atom stereocenters. The maximum absolute atomic E-state index is 12.4. The molecule has 1 saturated heterocycles. The number of rotatable bonds is 5. The van der Waals surface area contributed by atoms with Gasteiger partial charge in [-0.3, -0.25) is 4.79 Å². The van der Waals surface area contributed by atoms with Gasteiger partial charge < -0.3 is 18.8 Å². The molecule has 132 valence electrons. The van der Waals surface area contributed by atoms with Crippen LogP contribution in [0.3, 0.4) is 0 Å². The SMILES string of the molecule is O=C(COCC1CCCO1)N1CCc2oc(-c3ccccc3)nc2C1. The average molecular weight is 342 g/mol. The lowest BCUT2D eigenvalue weighted by Crippen LogP contribution is -2.38. The van der Waals surface area contributed by atoms with Gasteiger partial charge in [-0.15, -0.1) is 0 Å². The topological polar surface area (TPSA) is 64.8 Å². The molecule has 0 aliphatic carbocycles. The number of carbonyl (C=O) groups is 1. The third-order valence-electron chi connectivity index (χ3n) is 4.65. The van der Waals surface area contributed by atoms with Crippen molar-refractivity contribution in [3.63, 3.8) is 0 Å². The Kier molecular flexibility index (Phi) is 4.81. The van der Waals surface area contributed by atoms with E-state index >= 15 is 0 Å². The van der Waals surface area contributed by atoms with Crippen LogP contribution in [-0.2, 0) is 27.2 Å². The van der Waals surface area contributed by atoms with Gasteiger partial charge in [0.2, 0.25) is 11.8 Å². The van der Waals surface area contributed by atoms with Crippen molar-refractivity contribution in [1.82, 2.24) is 9.88 Å². The van der Waals surface area contributed by atoms with Crippen LogP contribution in [0.25, 0.3) is 11.5 Å². The first kappa shape index (κ1) is 16.3. The quantitative estimate of drug-likeness (QED) is 0.835. The zero-order valence-corrected chi connectivity index (χ0v) is 14.1. The molecule has 1 aromatic heterocycles. The van der Waals surface area contributed by atoms with E-state index in [4.69, 9.17) is 13.9 Å². The minimum absolute atomic E-state index is 0.00657. The molecule has 0 bridgehead atoms. The van der Waals surface area contributed by atoms with Gasteiger partial charge in [0, 0.05) is 25.1 Å². The Hall–Kier alpha value is -2.18. The second-order valence-corrected chi connectivity index (χ2v) is 6.47. The van der Waals surface area contributed by atoms with Crippen LogP contribution < -0.4 is 0 Å². The average Bonchev–Trinajstić information content (AvgIpc) is 3.31. The molecule has 25 heavy (non-hydrogen) atoms. The molecule has 1 unspecified atom stereocenters. The molecule has 4 rings (SSSR count). The van der Waals surface area contributed by atoms with E-state index in [2.05, 4.69) is 4.98 Å². The van der Waals surface area contributed by atoms with Crippen molar-refractivity contribution in [2.45, 2.75) is 31.9 Å². The first-order valence-corrected chi connectivity index (χ1v) is 8.81. The van der Waals surface area contributed by atoms with Gasteiger partial charge in [0.15, 0.2) is 0 Å². The van der Waals surface area contributed by atoms with E-state index in [9.17, 15) is 4.79 Å². The van der Waals surface area contributed by atoms with Crippen molar-refractivity contribution in [2.24, 2.45) is 0 Å². The van der Waals surface area contributed by atoms with E-state index in [1.165, 1.54) is 0 Å². The van der Waals surface area contributed by atoms with Crippen LogP contribution in [0.15, 0.2) is 34.7 Å². The highest BCUT2D eigenvalue weighted by Crippen LogP contribution is 2.26. The minimum atomic E-state index is -0.00657. The summed E-state index contributed by atoms with van der Waals surface area (Å²) in [7, 11) is 0. The van der Waals surface area contributed by atoms with Gasteiger partial charge in [0.05, 0.1) is 19.3 Å². The Bertz CT molecular complexity index is 722. The highest BCUT2D eigenvalue weighted by atomic mass is 16.5. The Morgan fingerprint density at radius 2 is 2.20 bits per heavy atom. The van der Waals surface area contributed by atoms with Gasteiger partial charge in [0.25, 0.3) is 0 Å². The Morgan fingerprint density at radius 3 is 3.00 bits per heavy atom. The van der Waals surface area contributed by atoms with Crippen molar-refractivity contribution in [3.05, 3.63) is 41.8 Å². The third-order valence-corrected chi connectivity index (χ3v) is 4.65. The van der Waals surface area contributed by atoms with Gasteiger partial charge in [-0.2, -0.15) is 0 Å². The predicted molar refractivity (Wildman–Crippen MR) is 90.9 cm³/mol. The number of aromatic nitrogens is 1. The normalized spacial score (nSPS) is 19.8. The molecular weight excluding hydrogens is 320 g/mol. The van der Waals surface area contributed by atoms with Crippen LogP contribution in [0.4, 0.5) is 0 Å². The molecule has 2 aliphatic heterocycles. The van der Waals surface area contributed by atoms with Crippen LogP contribution in [0, 0.1) is 0 Å². The van der Waals surface area contributed by atoms with Crippen molar-refractivity contribution in [1.29, 1.82) is 0 Å². The second-order valence-electron chi connectivity index (χ2n) is 6.47. The van der Waals surface area contributed by atoms with Crippen LogP contribution in [0.1, 0.15) is 24.3 Å². The van der Waals surface area contributed by atoms with Gasteiger partial charge in [-0.1, -0.05) is 18.2 Å². The molecular formula is C19H22N2O4. The molecule has 6 nitrogen and oxygen atoms in total.